The van der Waals surface area contributed by atoms with Crippen LogP contribution in [0.3, 0.4) is 0 Å². The van der Waals surface area contributed by atoms with Gasteiger partial charge < -0.3 is 15.0 Å². The largest absolute Gasteiger partial charge is 0.497 e. The van der Waals surface area contributed by atoms with Crippen LogP contribution < -0.4 is 10.5 Å². The number of aromatic nitrogens is 2. The number of nitrogens with two attached hydrogens (primary N) is 1. The molecule has 3 rings (SSSR count). The van der Waals surface area contributed by atoms with E-state index in [1.165, 1.54) is 0 Å². The summed E-state index contributed by atoms with van der Waals surface area (Å²) < 4.78 is 7.24. The summed E-state index contributed by atoms with van der Waals surface area (Å²) in [4.78, 5) is 4.45. The molecule has 2 aromatic carbocycles. The van der Waals surface area contributed by atoms with Crippen LogP contribution in [-0.2, 0) is 6.54 Å². The highest BCUT2D eigenvalue weighted by Crippen LogP contribution is 2.22. The van der Waals surface area contributed by atoms with Crippen LogP contribution in [0.25, 0.3) is 11.4 Å². The van der Waals surface area contributed by atoms with E-state index in [1.54, 1.807) is 13.3 Å². The highest BCUT2D eigenvalue weighted by Gasteiger charge is 2.10. The standard InChI is InChI=1S/C18H18N4O/c1-23-15-8-6-13(7-9-15)18-21-10-11-22(18)12-14-4-2-3-5-16(14)17(19)20/h2-11H,12H2,1H3,(H3,19,20). The summed E-state index contributed by atoms with van der Waals surface area (Å²) in [5, 5.41) is 7.71. The number of amidine groups is 1. The molecule has 0 aliphatic carbocycles. The van der Waals surface area contributed by atoms with Gasteiger partial charge >= 0.3 is 0 Å². The van der Waals surface area contributed by atoms with E-state index in [2.05, 4.69) is 4.98 Å². The van der Waals surface area contributed by atoms with E-state index in [0.29, 0.717) is 6.54 Å². The summed E-state index contributed by atoms with van der Waals surface area (Å²) in [6.45, 7) is 0.608. The smallest absolute Gasteiger partial charge is 0.140 e. The normalized spacial score (nSPS) is 10.5. The average molecular weight is 306 g/mol. The number of methoxy groups -OCH3 is 1. The Labute approximate surface area is 134 Å². The van der Waals surface area contributed by atoms with Crippen LogP contribution in [0.4, 0.5) is 0 Å². The van der Waals surface area contributed by atoms with Gasteiger partial charge in [-0.05, 0) is 29.8 Å². The van der Waals surface area contributed by atoms with E-state index in [4.69, 9.17) is 15.9 Å². The van der Waals surface area contributed by atoms with E-state index in [-0.39, 0.29) is 5.84 Å². The first-order valence-corrected chi connectivity index (χ1v) is 7.27. The lowest BCUT2D eigenvalue weighted by atomic mass is 10.1. The lowest BCUT2D eigenvalue weighted by molar-refractivity contribution is 0.415. The molecule has 0 bridgehead atoms. The van der Waals surface area contributed by atoms with Gasteiger partial charge in [0.25, 0.3) is 0 Å². The molecule has 5 nitrogen and oxygen atoms in total. The molecule has 0 atom stereocenters. The van der Waals surface area contributed by atoms with Crippen LogP contribution in [-0.4, -0.2) is 22.5 Å². The zero-order valence-corrected chi connectivity index (χ0v) is 12.9. The lowest BCUT2D eigenvalue weighted by Crippen LogP contribution is -2.15. The Kier molecular flexibility index (Phi) is 4.10. The third-order valence-electron chi connectivity index (χ3n) is 3.71. The van der Waals surface area contributed by atoms with E-state index in [1.807, 2.05) is 59.3 Å². The van der Waals surface area contributed by atoms with Crippen molar-refractivity contribution in [2.45, 2.75) is 6.54 Å². The van der Waals surface area contributed by atoms with Crippen LogP contribution >= 0.6 is 0 Å². The minimum absolute atomic E-state index is 0.0757. The quantitative estimate of drug-likeness (QED) is 0.562. The third kappa shape index (κ3) is 3.08. The molecule has 3 aromatic rings. The predicted molar refractivity (Wildman–Crippen MR) is 90.8 cm³/mol. The van der Waals surface area contributed by atoms with Gasteiger partial charge in [0.15, 0.2) is 0 Å². The van der Waals surface area contributed by atoms with Crippen molar-refractivity contribution in [3.8, 4) is 17.1 Å². The molecule has 1 aromatic heterocycles. The summed E-state index contributed by atoms with van der Waals surface area (Å²) in [5.41, 5.74) is 8.42. The van der Waals surface area contributed by atoms with Gasteiger partial charge in [-0.1, -0.05) is 24.3 Å². The number of rotatable bonds is 5. The van der Waals surface area contributed by atoms with Crippen LogP contribution in [0.15, 0.2) is 60.9 Å². The number of nitrogen functional groups attached to an aromatic ring is 1. The minimum Gasteiger partial charge on any atom is -0.497 e. The van der Waals surface area contributed by atoms with Crippen molar-refractivity contribution in [2.75, 3.05) is 7.11 Å². The molecule has 0 fully saturated rings. The van der Waals surface area contributed by atoms with Crippen molar-refractivity contribution < 1.29 is 4.74 Å². The molecule has 0 aliphatic heterocycles. The van der Waals surface area contributed by atoms with Crippen molar-refractivity contribution >= 4 is 5.84 Å². The number of nitrogens with one attached hydrogen (secondary N) is 1. The SMILES string of the molecule is COc1ccc(-c2nccn2Cc2ccccc2C(=N)N)cc1. The molecule has 0 spiro atoms. The third-order valence-corrected chi connectivity index (χ3v) is 3.71. The van der Waals surface area contributed by atoms with Crippen molar-refractivity contribution in [3.05, 3.63) is 72.1 Å². The molecule has 23 heavy (non-hydrogen) atoms. The number of imidazole rings is 1. The Balaban J connectivity index is 1.94. The van der Waals surface area contributed by atoms with Crippen molar-refractivity contribution in [1.82, 2.24) is 9.55 Å². The molecule has 0 unspecified atom stereocenters. The topological polar surface area (TPSA) is 76.9 Å². The highest BCUT2D eigenvalue weighted by molar-refractivity contribution is 5.96. The first-order chi connectivity index (χ1) is 11.2. The van der Waals surface area contributed by atoms with Gasteiger partial charge in [0.1, 0.15) is 17.4 Å². The molecule has 0 amide bonds. The Morgan fingerprint density at radius 3 is 2.61 bits per heavy atom. The van der Waals surface area contributed by atoms with E-state index >= 15 is 0 Å². The molecule has 0 saturated heterocycles. The second-order valence-electron chi connectivity index (χ2n) is 5.18. The molecular formula is C18H18N4O. The van der Waals surface area contributed by atoms with Gasteiger partial charge in [0, 0.05) is 30.1 Å². The second-order valence-corrected chi connectivity index (χ2v) is 5.18. The van der Waals surface area contributed by atoms with E-state index in [0.717, 1.165) is 28.3 Å². The number of ether oxygens (including phenoxy) is 1. The molecule has 116 valence electrons. The molecule has 0 radical (unpaired) electrons. The molecule has 1 heterocycles. The average Bonchev–Trinajstić information content (AvgIpc) is 3.03. The fourth-order valence-corrected chi connectivity index (χ4v) is 2.54. The number of hydrogen-bond donors (Lipinski definition) is 2. The predicted octanol–water partition coefficient (Wildman–Crippen LogP) is 2.89. The van der Waals surface area contributed by atoms with Gasteiger partial charge in [-0.15, -0.1) is 0 Å². The van der Waals surface area contributed by atoms with Gasteiger partial charge in [-0.2, -0.15) is 0 Å². The van der Waals surface area contributed by atoms with Crippen LogP contribution in [0, 0.1) is 5.41 Å². The Morgan fingerprint density at radius 1 is 1.17 bits per heavy atom. The van der Waals surface area contributed by atoms with Crippen molar-refractivity contribution in [2.24, 2.45) is 5.73 Å². The van der Waals surface area contributed by atoms with Gasteiger partial charge in [0.05, 0.1) is 7.11 Å². The van der Waals surface area contributed by atoms with Crippen molar-refractivity contribution in [1.29, 1.82) is 5.41 Å². The van der Waals surface area contributed by atoms with Crippen LogP contribution in [0.5, 0.6) is 5.75 Å². The van der Waals surface area contributed by atoms with Gasteiger partial charge in [-0.3, -0.25) is 5.41 Å². The fourth-order valence-electron chi connectivity index (χ4n) is 2.54. The summed E-state index contributed by atoms with van der Waals surface area (Å²) >= 11 is 0. The molecule has 0 aliphatic rings. The molecular weight excluding hydrogens is 288 g/mol. The highest BCUT2D eigenvalue weighted by atomic mass is 16.5. The Hall–Kier alpha value is -3.08. The first-order valence-electron chi connectivity index (χ1n) is 7.27. The number of benzene rings is 2. The zero-order chi connectivity index (χ0) is 16.2. The van der Waals surface area contributed by atoms with E-state index in [9.17, 15) is 0 Å². The minimum atomic E-state index is 0.0757. The van der Waals surface area contributed by atoms with E-state index < -0.39 is 0 Å². The number of hydrogen-bond acceptors (Lipinski definition) is 3. The molecule has 3 N–H and O–H groups in total. The van der Waals surface area contributed by atoms with Gasteiger partial charge in [-0.25, -0.2) is 4.98 Å². The Bertz CT molecular complexity index is 821. The molecule has 5 heteroatoms. The second kappa shape index (κ2) is 6.36. The van der Waals surface area contributed by atoms with Crippen LogP contribution in [0.2, 0.25) is 0 Å². The maximum atomic E-state index is 7.71. The Morgan fingerprint density at radius 2 is 1.91 bits per heavy atom. The van der Waals surface area contributed by atoms with Crippen LogP contribution in [0.1, 0.15) is 11.1 Å². The van der Waals surface area contributed by atoms with Crippen molar-refractivity contribution in [3.63, 3.8) is 0 Å². The maximum absolute atomic E-state index is 7.71. The molecule has 0 saturated carbocycles. The maximum Gasteiger partial charge on any atom is 0.140 e. The summed E-state index contributed by atoms with van der Waals surface area (Å²) in [6.07, 6.45) is 3.70. The summed E-state index contributed by atoms with van der Waals surface area (Å²) in [6, 6.07) is 15.5. The number of nitrogens with zero attached hydrogens (tertiary/aromatic N) is 2. The monoisotopic (exact) mass is 306 g/mol. The van der Waals surface area contributed by atoms with Gasteiger partial charge in [0.2, 0.25) is 0 Å². The lowest BCUT2D eigenvalue weighted by Gasteiger charge is -2.12. The summed E-state index contributed by atoms with van der Waals surface area (Å²) in [7, 11) is 1.65. The zero-order valence-electron chi connectivity index (χ0n) is 12.9. The summed E-state index contributed by atoms with van der Waals surface area (Å²) in [5.74, 6) is 1.76. The first kappa shape index (κ1) is 14.8. The fraction of sp³-hybridized carbons (Fsp3) is 0.111.